The molecule has 0 unspecified atom stereocenters. The maximum absolute atomic E-state index is 13.1. The van der Waals surface area contributed by atoms with Crippen molar-refractivity contribution >= 4 is 29.1 Å². The first-order chi connectivity index (χ1) is 13.8. The number of nitrogens with zero attached hydrogens (tertiary/aromatic N) is 1. The van der Waals surface area contributed by atoms with Gasteiger partial charge in [-0.15, -0.1) is 11.8 Å². The second-order valence-corrected chi connectivity index (χ2v) is 9.68. The number of imide groups is 1. The van der Waals surface area contributed by atoms with E-state index in [1.807, 2.05) is 52.0 Å². The summed E-state index contributed by atoms with van der Waals surface area (Å²) >= 11 is 1.48. The monoisotopic (exact) mass is 417 g/mol. The van der Waals surface area contributed by atoms with Crippen molar-refractivity contribution in [2.24, 2.45) is 0 Å². The number of amides is 2. The van der Waals surface area contributed by atoms with Gasteiger partial charge in [-0.3, -0.25) is 14.5 Å². The first kappa shape index (κ1) is 23.5. The predicted molar refractivity (Wildman–Crippen MR) is 122 cm³/mol. The quantitative estimate of drug-likeness (QED) is 0.306. The molecule has 5 heteroatoms. The van der Waals surface area contributed by atoms with Crippen molar-refractivity contribution in [3.63, 3.8) is 0 Å². The largest absolute Gasteiger partial charge is 0.491 e. The maximum atomic E-state index is 13.1. The summed E-state index contributed by atoms with van der Waals surface area (Å²) < 4.78 is 5.70. The highest BCUT2D eigenvalue weighted by atomic mass is 32.2. The summed E-state index contributed by atoms with van der Waals surface area (Å²) in [4.78, 5) is 28.2. The predicted octanol–water partition coefficient (Wildman–Crippen LogP) is 6.06. The normalized spacial score (nSPS) is 14.7. The third-order valence-corrected chi connectivity index (χ3v) is 5.81. The van der Waals surface area contributed by atoms with E-state index in [1.165, 1.54) is 35.9 Å². The number of benzene rings is 1. The maximum Gasteiger partial charge on any atom is 0.267 e. The molecule has 2 amide bonds. The summed E-state index contributed by atoms with van der Waals surface area (Å²) in [5.74, 6) is 0.465. The lowest BCUT2D eigenvalue weighted by Gasteiger charge is -2.15. The number of rotatable bonds is 12. The van der Waals surface area contributed by atoms with Crippen molar-refractivity contribution in [3.8, 4) is 5.75 Å². The zero-order valence-corrected chi connectivity index (χ0v) is 19.3. The zero-order valence-electron chi connectivity index (χ0n) is 18.5. The summed E-state index contributed by atoms with van der Waals surface area (Å²) in [6.45, 7) is 10.8. The number of hydrogen-bond donors (Lipinski definition) is 0. The van der Waals surface area contributed by atoms with Crippen LogP contribution in [-0.2, 0) is 9.59 Å². The number of unbranched alkanes of at least 4 members (excludes halogenated alkanes) is 5. The lowest BCUT2D eigenvalue weighted by molar-refractivity contribution is -0.136. The molecule has 1 aliphatic rings. The Morgan fingerprint density at radius 2 is 1.52 bits per heavy atom. The van der Waals surface area contributed by atoms with E-state index >= 15 is 0 Å². The highest BCUT2D eigenvalue weighted by Crippen LogP contribution is 2.38. The Bertz CT molecular complexity index is 722. The first-order valence-corrected chi connectivity index (χ1v) is 11.8. The van der Waals surface area contributed by atoms with E-state index in [1.54, 1.807) is 0 Å². The molecule has 0 saturated heterocycles. The van der Waals surface area contributed by atoms with Crippen LogP contribution in [0.25, 0.3) is 5.57 Å². The van der Waals surface area contributed by atoms with Gasteiger partial charge in [0.1, 0.15) is 5.75 Å². The topological polar surface area (TPSA) is 46.6 Å². The highest BCUT2D eigenvalue weighted by Gasteiger charge is 2.39. The third kappa shape index (κ3) is 6.63. The summed E-state index contributed by atoms with van der Waals surface area (Å²) in [5.41, 5.74) is 1.32. The van der Waals surface area contributed by atoms with E-state index < -0.39 is 0 Å². The zero-order chi connectivity index (χ0) is 21.4. The van der Waals surface area contributed by atoms with Crippen molar-refractivity contribution in [3.05, 3.63) is 34.7 Å². The molecular weight excluding hydrogens is 382 g/mol. The van der Waals surface area contributed by atoms with E-state index in [2.05, 4.69) is 6.92 Å². The van der Waals surface area contributed by atoms with Crippen LogP contribution in [0.5, 0.6) is 5.75 Å². The van der Waals surface area contributed by atoms with Gasteiger partial charge in [-0.25, -0.2) is 0 Å². The van der Waals surface area contributed by atoms with E-state index in [0.29, 0.717) is 17.0 Å². The van der Waals surface area contributed by atoms with Crippen LogP contribution in [0.2, 0.25) is 0 Å². The van der Waals surface area contributed by atoms with Gasteiger partial charge in [0.15, 0.2) is 0 Å². The van der Waals surface area contributed by atoms with E-state index in [9.17, 15) is 9.59 Å². The highest BCUT2D eigenvalue weighted by molar-refractivity contribution is 8.04. The van der Waals surface area contributed by atoms with Gasteiger partial charge >= 0.3 is 0 Å². The van der Waals surface area contributed by atoms with Gasteiger partial charge in [-0.1, -0.05) is 65.0 Å². The fraction of sp³-hybridized carbons (Fsp3) is 0.583. The number of carbonyl (C=O) groups is 2. The molecule has 0 bridgehead atoms. The minimum Gasteiger partial charge on any atom is -0.491 e. The molecule has 0 saturated carbocycles. The van der Waals surface area contributed by atoms with Crippen LogP contribution in [0.4, 0.5) is 0 Å². The smallest absolute Gasteiger partial charge is 0.267 e. The molecular formula is C24H35NO3S. The second kappa shape index (κ2) is 11.4. The standard InChI is InChI=1S/C24H35NO3S/c1-6-7-8-9-10-11-16-25-23(26)21(22(24(25)27)29-18(4)5)19-12-14-20(15-13-19)28-17(2)3/h12-15,17-18H,6-11,16H2,1-5H3. The molecule has 4 nitrogen and oxygen atoms in total. The van der Waals surface area contributed by atoms with Crippen LogP contribution in [0, 0.1) is 0 Å². The Morgan fingerprint density at radius 3 is 2.10 bits per heavy atom. The Balaban J connectivity index is 2.15. The van der Waals surface area contributed by atoms with Crippen molar-refractivity contribution in [2.75, 3.05) is 6.54 Å². The van der Waals surface area contributed by atoms with Crippen molar-refractivity contribution in [1.29, 1.82) is 0 Å². The van der Waals surface area contributed by atoms with Crippen LogP contribution in [-0.4, -0.2) is 34.6 Å². The molecule has 1 aliphatic heterocycles. The van der Waals surface area contributed by atoms with Crippen molar-refractivity contribution in [2.45, 2.75) is 84.5 Å². The number of hydrogen-bond acceptors (Lipinski definition) is 4. The SMILES string of the molecule is CCCCCCCCN1C(=O)C(SC(C)C)=C(c2ccc(OC(C)C)cc2)C1=O. The molecule has 0 atom stereocenters. The van der Waals surface area contributed by atoms with Crippen LogP contribution in [0.15, 0.2) is 29.2 Å². The average molecular weight is 418 g/mol. The molecule has 160 valence electrons. The Labute approximate surface area is 180 Å². The average Bonchev–Trinajstić information content (AvgIpc) is 2.88. The summed E-state index contributed by atoms with van der Waals surface area (Å²) in [7, 11) is 0. The molecule has 0 aliphatic carbocycles. The molecule has 0 N–H and O–H groups in total. The molecule has 0 fully saturated rings. The molecule has 0 radical (unpaired) electrons. The molecule has 0 aromatic heterocycles. The molecule has 29 heavy (non-hydrogen) atoms. The van der Waals surface area contributed by atoms with Crippen molar-refractivity contribution in [1.82, 2.24) is 4.90 Å². The third-order valence-electron chi connectivity index (χ3n) is 4.73. The van der Waals surface area contributed by atoms with Gasteiger partial charge in [-0.2, -0.15) is 0 Å². The van der Waals surface area contributed by atoms with E-state index in [0.717, 1.165) is 30.6 Å². The second-order valence-electron chi connectivity index (χ2n) is 8.09. The lowest BCUT2D eigenvalue weighted by atomic mass is 10.1. The van der Waals surface area contributed by atoms with Crippen molar-refractivity contribution < 1.29 is 14.3 Å². The minimum absolute atomic E-state index is 0.0923. The fourth-order valence-corrected chi connectivity index (χ4v) is 4.38. The van der Waals surface area contributed by atoms with Crippen LogP contribution in [0.1, 0.15) is 78.7 Å². The van der Waals surface area contributed by atoms with Gasteiger partial charge in [0.05, 0.1) is 16.6 Å². The molecule has 1 aromatic carbocycles. The lowest BCUT2D eigenvalue weighted by Crippen LogP contribution is -2.32. The molecule has 1 heterocycles. The number of carbonyl (C=O) groups excluding carboxylic acids is 2. The van der Waals surface area contributed by atoms with Gasteiger partial charge in [0.2, 0.25) is 0 Å². The molecule has 0 spiro atoms. The Morgan fingerprint density at radius 1 is 0.897 bits per heavy atom. The summed E-state index contributed by atoms with van der Waals surface area (Å²) in [5, 5.41) is 0.231. The number of thioether (sulfide) groups is 1. The van der Waals surface area contributed by atoms with Gasteiger partial charge in [-0.05, 0) is 38.0 Å². The molecule has 2 rings (SSSR count). The van der Waals surface area contributed by atoms with Crippen LogP contribution >= 0.6 is 11.8 Å². The Hall–Kier alpha value is -1.75. The van der Waals surface area contributed by atoms with Crippen LogP contribution in [0.3, 0.4) is 0 Å². The van der Waals surface area contributed by atoms with Gasteiger partial charge in [0, 0.05) is 11.8 Å². The van der Waals surface area contributed by atoms with Crippen LogP contribution < -0.4 is 4.74 Å². The van der Waals surface area contributed by atoms with E-state index in [4.69, 9.17) is 4.74 Å². The first-order valence-electron chi connectivity index (χ1n) is 10.9. The summed E-state index contributed by atoms with van der Waals surface area (Å²) in [6, 6.07) is 7.50. The van der Waals surface area contributed by atoms with E-state index in [-0.39, 0.29) is 23.2 Å². The minimum atomic E-state index is -0.163. The Kier molecular flexibility index (Phi) is 9.28. The molecule has 1 aromatic rings. The summed E-state index contributed by atoms with van der Waals surface area (Å²) in [6.07, 6.45) is 6.87. The number of ether oxygens (including phenoxy) is 1. The van der Waals surface area contributed by atoms with Gasteiger partial charge < -0.3 is 4.74 Å². The van der Waals surface area contributed by atoms with Gasteiger partial charge in [0.25, 0.3) is 11.8 Å². The fourth-order valence-electron chi connectivity index (χ4n) is 3.38.